The number of aromatic amines is 1. The third-order valence-electron chi connectivity index (χ3n) is 1.87. The first-order chi connectivity index (χ1) is 6.27. The molecule has 0 fully saturated rings. The summed E-state index contributed by atoms with van der Waals surface area (Å²) in [5.74, 6) is 0.927. The SMILES string of the molecule is Cc1n[nH]c(=S)n1Cc1ccsc1. The molecule has 1 N–H and O–H groups in total. The molecule has 0 atom stereocenters. The summed E-state index contributed by atoms with van der Waals surface area (Å²) >= 11 is 6.79. The number of thiophene rings is 1. The Morgan fingerprint density at radius 3 is 3.08 bits per heavy atom. The maximum atomic E-state index is 5.09. The van der Waals surface area contributed by atoms with E-state index in [1.165, 1.54) is 5.56 Å². The van der Waals surface area contributed by atoms with Gasteiger partial charge in [0, 0.05) is 0 Å². The third-order valence-corrected chi connectivity index (χ3v) is 2.91. The molecule has 0 bridgehead atoms. The molecule has 0 amide bonds. The number of aromatic nitrogens is 3. The zero-order valence-electron chi connectivity index (χ0n) is 7.15. The monoisotopic (exact) mass is 211 g/mol. The molecular formula is C8H9N3S2. The Balaban J connectivity index is 2.33. The highest BCUT2D eigenvalue weighted by Gasteiger charge is 2.01. The van der Waals surface area contributed by atoms with Crippen LogP contribution in [0.3, 0.4) is 0 Å². The average molecular weight is 211 g/mol. The fraction of sp³-hybridized carbons (Fsp3) is 0.250. The van der Waals surface area contributed by atoms with E-state index < -0.39 is 0 Å². The van der Waals surface area contributed by atoms with E-state index in [0.29, 0.717) is 4.77 Å². The Kier molecular flexibility index (Phi) is 2.28. The first-order valence-electron chi connectivity index (χ1n) is 3.90. The molecule has 68 valence electrons. The van der Waals surface area contributed by atoms with E-state index in [0.717, 1.165) is 12.4 Å². The van der Waals surface area contributed by atoms with Crippen LogP contribution < -0.4 is 0 Å². The van der Waals surface area contributed by atoms with E-state index in [2.05, 4.69) is 27.0 Å². The third kappa shape index (κ3) is 1.71. The molecule has 2 heterocycles. The maximum Gasteiger partial charge on any atom is 0.195 e. The summed E-state index contributed by atoms with van der Waals surface area (Å²) < 4.78 is 2.67. The fourth-order valence-corrected chi connectivity index (χ4v) is 2.05. The number of aryl methyl sites for hydroxylation is 1. The molecular weight excluding hydrogens is 202 g/mol. The minimum absolute atomic E-state index is 0.684. The lowest BCUT2D eigenvalue weighted by Gasteiger charge is -2.00. The highest BCUT2D eigenvalue weighted by atomic mass is 32.1. The average Bonchev–Trinajstić information content (AvgIpc) is 2.70. The zero-order valence-corrected chi connectivity index (χ0v) is 8.78. The topological polar surface area (TPSA) is 33.6 Å². The molecule has 2 aromatic rings. The number of rotatable bonds is 2. The molecule has 13 heavy (non-hydrogen) atoms. The van der Waals surface area contributed by atoms with Gasteiger partial charge in [-0.2, -0.15) is 16.4 Å². The van der Waals surface area contributed by atoms with Gasteiger partial charge in [0.2, 0.25) is 0 Å². The van der Waals surface area contributed by atoms with E-state index >= 15 is 0 Å². The summed E-state index contributed by atoms with van der Waals surface area (Å²) in [6, 6.07) is 2.10. The zero-order chi connectivity index (χ0) is 9.26. The molecule has 3 nitrogen and oxygen atoms in total. The van der Waals surface area contributed by atoms with Crippen molar-refractivity contribution in [3.8, 4) is 0 Å². The van der Waals surface area contributed by atoms with Crippen LogP contribution in [-0.4, -0.2) is 14.8 Å². The second kappa shape index (κ2) is 3.43. The van der Waals surface area contributed by atoms with Gasteiger partial charge in [-0.1, -0.05) is 0 Å². The molecule has 2 rings (SSSR count). The van der Waals surface area contributed by atoms with Crippen molar-refractivity contribution in [1.82, 2.24) is 14.8 Å². The van der Waals surface area contributed by atoms with Crippen molar-refractivity contribution < 1.29 is 0 Å². The summed E-state index contributed by atoms with van der Waals surface area (Å²) in [6.45, 7) is 2.75. The van der Waals surface area contributed by atoms with Gasteiger partial charge in [-0.05, 0) is 41.5 Å². The van der Waals surface area contributed by atoms with E-state index in [4.69, 9.17) is 12.2 Å². The van der Waals surface area contributed by atoms with Crippen LogP contribution in [0.15, 0.2) is 16.8 Å². The van der Waals surface area contributed by atoms with Crippen LogP contribution >= 0.6 is 23.6 Å². The predicted octanol–water partition coefficient (Wildman–Crippen LogP) is 2.36. The second-order valence-corrected chi connectivity index (χ2v) is 3.96. The van der Waals surface area contributed by atoms with Gasteiger partial charge >= 0.3 is 0 Å². The van der Waals surface area contributed by atoms with Gasteiger partial charge in [-0.15, -0.1) is 0 Å². The van der Waals surface area contributed by atoms with Gasteiger partial charge in [0.05, 0.1) is 6.54 Å². The van der Waals surface area contributed by atoms with E-state index in [9.17, 15) is 0 Å². The van der Waals surface area contributed by atoms with E-state index in [1.54, 1.807) is 11.3 Å². The molecule has 0 aliphatic rings. The van der Waals surface area contributed by atoms with Crippen LogP contribution in [0.1, 0.15) is 11.4 Å². The number of nitrogens with one attached hydrogen (secondary N) is 1. The Labute approximate surface area is 85.0 Å². The maximum absolute atomic E-state index is 5.09. The van der Waals surface area contributed by atoms with E-state index in [1.807, 2.05) is 11.5 Å². The van der Waals surface area contributed by atoms with E-state index in [-0.39, 0.29) is 0 Å². The van der Waals surface area contributed by atoms with Crippen molar-refractivity contribution in [2.24, 2.45) is 0 Å². The summed E-state index contributed by atoms with van der Waals surface area (Å²) in [5, 5.41) is 11.0. The van der Waals surface area contributed by atoms with Gasteiger partial charge in [-0.25, -0.2) is 0 Å². The van der Waals surface area contributed by atoms with Gasteiger partial charge in [0.15, 0.2) is 4.77 Å². The van der Waals surface area contributed by atoms with Gasteiger partial charge in [0.25, 0.3) is 0 Å². The molecule has 0 saturated heterocycles. The minimum atomic E-state index is 0.684. The molecule has 0 radical (unpaired) electrons. The van der Waals surface area contributed by atoms with Crippen LogP contribution in [0.4, 0.5) is 0 Å². The van der Waals surface area contributed by atoms with Gasteiger partial charge < -0.3 is 0 Å². The number of hydrogen-bond acceptors (Lipinski definition) is 3. The molecule has 0 aromatic carbocycles. The van der Waals surface area contributed by atoms with Crippen molar-refractivity contribution in [1.29, 1.82) is 0 Å². The highest BCUT2D eigenvalue weighted by molar-refractivity contribution is 7.71. The van der Waals surface area contributed by atoms with Crippen molar-refractivity contribution in [3.05, 3.63) is 33.0 Å². The summed E-state index contributed by atoms with van der Waals surface area (Å²) in [5.41, 5.74) is 1.27. The Morgan fingerprint density at radius 2 is 2.54 bits per heavy atom. The predicted molar refractivity (Wildman–Crippen MR) is 55.6 cm³/mol. The lowest BCUT2D eigenvalue weighted by molar-refractivity contribution is 0.753. The quantitative estimate of drug-likeness (QED) is 0.774. The van der Waals surface area contributed by atoms with Crippen molar-refractivity contribution in [3.63, 3.8) is 0 Å². The smallest absolute Gasteiger partial charge is 0.195 e. The Morgan fingerprint density at radius 1 is 1.69 bits per heavy atom. The fourth-order valence-electron chi connectivity index (χ4n) is 1.15. The normalized spacial score (nSPS) is 10.5. The van der Waals surface area contributed by atoms with Crippen LogP contribution in [-0.2, 0) is 6.54 Å². The van der Waals surface area contributed by atoms with Crippen LogP contribution in [0, 0.1) is 11.7 Å². The molecule has 0 aliphatic heterocycles. The van der Waals surface area contributed by atoms with Gasteiger partial charge in [0.1, 0.15) is 5.82 Å². The molecule has 0 spiro atoms. The highest BCUT2D eigenvalue weighted by Crippen LogP contribution is 2.09. The Hall–Kier alpha value is -0.940. The van der Waals surface area contributed by atoms with Gasteiger partial charge in [-0.3, -0.25) is 9.67 Å². The first-order valence-corrected chi connectivity index (χ1v) is 5.25. The van der Waals surface area contributed by atoms with Crippen LogP contribution in [0.5, 0.6) is 0 Å². The molecule has 0 aliphatic carbocycles. The van der Waals surface area contributed by atoms with Crippen LogP contribution in [0.2, 0.25) is 0 Å². The standard InChI is InChI=1S/C8H9N3S2/c1-6-9-10-8(12)11(6)4-7-2-3-13-5-7/h2-3,5H,4H2,1H3,(H,10,12). The number of nitrogens with zero attached hydrogens (tertiary/aromatic N) is 2. The summed E-state index contributed by atoms with van der Waals surface area (Å²) in [4.78, 5) is 0. The van der Waals surface area contributed by atoms with Crippen molar-refractivity contribution in [2.75, 3.05) is 0 Å². The number of H-pyrrole nitrogens is 1. The molecule has 5 heteroatoms. The second-order valence-electron chi connectivity index (χ2n) is 2.79. The molecule has 0 saturated carbocycles. The molecule has 0 unspecified atom stereocenters. The van der Waals surface area contributed by atoms with Crippen molar-refractivity contribution in [2.45, 2.75) is 13.5 Å². The van der Waals surface area contributed by atoms with Crippen LogP contribution in [0.25, 0.3) is 0 Å². The minimum Gasteiger partial charge on any atom is -0.300 e. The first kappa shape index (κ1) is 8.65. The van der Waals surface area contributed by atoms with Crippen molar-refractivity contribution >= 4 is 23.6 Å². The number of hydrogen-bond donors (Lipinski definition) is 1. The Bertz CT molecular complexity index is 438. The summed E-state index contributed by atoms with van der Waals surface area (Å²) in [7, 11) is 0. The lowest BCUT2D eigenvalue weighted by atomic mass is 10.3. The lowest BCUT2D eigenvalue weighted by Crippen LogP contribution is -2.00. The summed E-state index contributed by atoms with van der Waals surface area (Å²) in [6.07, 6.45) is 0. The largest absolute Gasteiger partial charge is 0.300 e. The molecule has 2 aromatic heterocycles.